The number of rotatable bonds is 5. The number of carbonyl (C=O) groups is 1. The van der Waals surface area contributed by atoms with E-state index in [2.05, 4.69) is 20.9 Å². The zero-order valence-electron chi connectivity index (χ0n) is 15.7. The minimum Gasteiger partial charge on any atom is -0.497 e. The fourth-order valence-corrected chi connectivity index (χ4v) is 3.21. The summed E-state index contributed by atoms with van der Waals surface area (Å²) in [6, 6.07) is 15.9. The summed E-state index contributed by atoms with van der Waals surface area (Å²) in [5.41, 5.74) is 1.78. The Morgan fingerprint density at radius 1 is 1.07 bits per heavy atom. The normalized spacial score (nSPS) is 12.1. The lowest BCUT2D eigenvalue weighted by Crippen LogP contribution is -2.56. The number of methoxy groups -OCH3 is 1. The van der Waals surface area contributed by atoms with Crippen LogP contribution in [0, 0.1) is 0 Å². The van der Waals surface area contributed by atoms with Crippen molar-refractivity contribution in [2.75, 3.05) is 12.4 Å². The molecule has 0 aliphatic rings. The number of nitrogens with one attached hydrogen (secondary N) is 3. The Kier molecular flexibility index (Phi) is 7.20. The first kappa shape index (κ1) is 22.4. The minimum atomic E-state index is -1.87. The number of benzene rings is 2. The van der Waals surface area contributed by atoms with Gasteiger partial charge in [-0.1, -0.05) is 53.0 Å². The predicted octanol–water partition coefficient (Wildman–Crippen LogP) is 4.66. The van der Waals surface area contributed by atoms with Crippen LogP contribution in [-0.2, 0) is 0 Å². The Balaban J connectivity index is 1.72. The molecule has 0 saturated carbocycles. The number of halogens is 3. The van der Waals surface area contributed by atoms with Crippen molar-refractivity contribution < 1.29 is 9.53 Å². The van der Waals surface area contributed by atoms with Gasteiger partial charge in [-0.15, -0.1) is 0 Å². The molecule has 0 aliphatic heterocycles. The van der Waals surface area contributed by atoms with Crippen molar-refractivity contribution in [2.24, 2.45) is 0 Å². The average Bonchev–Trinajstić information content (AvgIpc) is 2.73. The Hall–Kier alpha value is -2.32. The Bertz CT molecular complexity index is 1050. The van der Waals surface area contributed by atoms with Gasteiger partial charge in [0.15, 0.2) is 5.11 Å². The predicted molar refractivity (Wildman–Crippen MR) is 126 cm³/mol. The van der Waals surface area contributed by atoms with Gasteiger partial charge in [-0.2, -0.15) is 0 Å². The topological polar surface area (TPSA) is 75.3 Å². The molecule has 1 aromatic heterocycles. The summed E-state index contributed by atoms with van der Waals surface area (Å²) in [4.78, 5) is 16.9. The molecule has 1 atom stereocenters. The van der Waals surface area contributed by atoms with Gasteiger partial charge in [-0.05, 0) is 48.6 Å². The van der Waals surface area contributed by atoms with Crippen LogP contribution < -0.4 is 20.7 Å². The van der Waals surface area contributed by atoms with Crippen LogP contribution in [0.1, 0.15) is 10.4 Å². The van der Waals surface area contributed by atoms with Crippen LogP contribution in [0.2, 0.25) is 0 Å². The summed E-state index contributed by atoms with van der Waals surface area (Å²) in [5.74, 6) is 0.174. The van der Waals surface area contributed by atoms with Gasteiger partial charge in [-0.25, -0.2) is 0 Å². The van der Waals surface area contributed by atoms with Crippen LogP contribution in [0.25, 0.3) is 10.9 Å². The molecule has 0 fully saturated rings. The van der Waals surface area contributed by atoms with Crippen molar-refractivity contribution >= 4 is 74.6 Å². The number of fused-ring (bicyclic) bond motifs is 1. The smallest absolute Gasteiger partial charge is 0.252 e. The molecule has 10 heteroatoms. The van der Waals surface area contributed by atoms with Gasteiger partial charge in [0, 0.05) is 17.1 Å². The second-order valence-corrected chi connectivity index (χ2v) is 8.93. The summed E-state index contributed by atoms with van der Waals surface area (Å²) in [6.45, 7) is 0. The van der Waals surface area contributed by atoms with E-state index in [4.69, 9.17) is 51.8 Å². The number of nitrogens with zero attached hydrogens (tertiary/aromatic N) is 1. The zero-order chi connectivity index (χ0) is 21.7. The fraction of sp³-hybridized carbons (Fsp3) is 0.150. The van der Waals surface area contributed by atoms with Crippen LogP contribution in [0.5, 0.6) is 5.75 Å². The van der Waals surface area contributed by atoms with Crippen molar-refractivity contribution in [2.45, 2.75) is 9.96 Å². The number of pyridine rings is 1. The number of thiocarbonyl (C=S) groups is 1. The van der Waals surface area contributed by atoms with Gasteiger partial charge in [0.05, 0.1) is 18.3 Å². The second-order valence-electron chi connectivity index (χ2n) is 6.16. The first-order chi connectivity index (χ1) is 14.3. The highest BCUT2D eigenvalue weighted by atomic mass is 35.6. The molecule has 30 heavy (non-hydrogen) atoms. The van der Waals surface area contributed by atoms with Gasteiger partial charge in [0.25, 0.3) is 5.91 Å². The molecule has 1 heterocycles. The molecule has 0 aliphatic carbocycles. The van der Waals surface area contributed by atoms with E-state index < -0.39 is 15.9 Å². The monoisotopic (exact) mass is 482 g/mol. The van der Waals surface area contributed by atoms with Crippen molar-refractivity contribution in [1.82, 2.24) is 15.6 Å². The maximum absolute atomic E-state index is 12.6. The van der Waals surface area contributed by atoms with Crippen LogP contribution in [-0.4, -0.2) is 33.1 Å². The van der Waals surface area contributed by atoms with E-state index in [0.717, 1.165) is 10.9 Å². The van der Waals surface area contributed by atoms with Gasteiger partial charge >= 0.3 is 0 Å². The summed E-state index contributed by atoms with van der Waals surface area (Å²) in [5, 5.41) is 9.59. The first-order valence-corrected chi connectivity index (χ1v) is 10.2. The molecule has 6 nitrogen and oxygen atoms in total. The highest BCUT2D eigenvalue weighted by Gasteiger charge is 2.35. The molecule has 3 aromatic rings. The van der Waals surface area contributed by atoms with Gasteiger partial charge in [-0.3, -0.25) is 9.78 Å². The molecule has 0 bridgehead atoms. The van der Waals surface area contributed by atoms with E-state index in [0.29, 0.717) is 17.0 Å². The number of anilines is 1. The Labute approximate surface area is 193 Å². The van der Waals surface area contributed by atoms with Crippen molar-refractivity contribution in [3.05, 3.63) is 66.4 Å². The Morgan fingerprint density at radius 2 is 1.77 bits per heavy atom. The number of ether oxygens (including phenoxy) is 1. The van der Waals surface area contributed by atoms with E-state index in [1.807, 2.05) is 30.3 Å². The van der Waals surface area contributed by atoms with Crippen molar-refractivity contribution in [3.63, 3.8) is 0 Å². The molecule has 0 radical (unpaired) electrons. The molecule has 3 rings (SSSR count). The second kappa shape index (κ2) is 9.66. The largest absolute Gasteiger partial charge is 0.497 e. The third-order valence-electron chi connectivity index (χ3n) is 4.11. The van der Waals surface area contributed by atoms with Crippen molar-refractivity contribution in [3.8, 4) is 5.75 Å². The maximum Gasteiger partial charge on any atom is 0.252 e. The quantitative estimate of drug-likeness (QED) is 0.278. The molecule has 1 unspecified atom stereocenters. The first-order valence-electron chi connectivity index (χ1n) is 8.71. The third-order valence-corrected chi connectivity index (χ3v) is 4.99. The number of alkyl halides is 3. The number of amides is 1. The lowest BCUT2D eigenvalue weighted by molar-refractivity contribution is 0.0934. The van der Waals surface area contributed by atoms with Gasteiger partial charge in [0.2, 0.25) is 3.79 Å². The highest BCUT2D eigenvalue weighted by Crippen LogP contribution is 2.29. The summed E-state index contributed by atoms with van der Waals surface area (Å²) in [6.07, 6.45) is 0.587. The number of para-hydroxylation sites is 1. The summed E-state index contributed by atoms with van der Waals surface area (Å²) < 4.78 is 3.22. The van der Waals surface area contributed by atoms with E-state index in [1.54, 1.807) is 30.5 Å². The fourth-order valence-electron chi connectivity index (χ4n) is 2.65. The number of hydrogen-bond donors (Lipinski definition) is 3. The lowest BCUT2D eigenvalue weighted by Gasteiger charge is -2.28. The van der Waals surface area contributed by atoms with Crippen LogP contribution in [0.3, 0.4) is 0 Å². The Morgan fingerprint density at radius 3 is 2.43 bits per heavy atom. The van der Waals surface area contributed by atoms with Gasteiger partial charge in [0.1, 0.15) is 11.9 Å². The van der Waals surface area contributed by atoms with Crippen LogP contribution >= 0.6 is 47.0 Å². The van der Waals surface area contributed by atoms with Crippen LogP contribution in [0.4, 0.5) is 5.69 Å². The van der Waals surface area contributed by atoms with E-state index in [-0.39, 0.29) is 5.11 Å². The lowest BCUT2D eigenvalue weighted by atomic mass is 10.2. The molecule has 3 N–H and O–H groups in total. The number of carbonyl (C=O) groups excluding carboxylic acids is 1. The average molecular weight is 484 g/mol. The number of hydrogen-bond acceptors (Lipinski definition) is 4. The van der Waals surface area contributed by atoms with Crippen LogP contribution in [0.15, 0.2) is 60.8 Å². The van der Waals surface area contributed by atoms with E-state index in [9.17, 15) is 4.79 Å². The van der Waals surface area contributed by atoms with E-state index in [1.165, 1.54) is 7.11 Å². The SMILES string of the molecule is COc1ccc(C(=O)NC(NC(=S)Nc2cccc3cccnc23)C(Cl)(Cl)Cl)cc1. The zero-order valence-corrected chi connectivity index (χ0v) is 18.7. The van der Waals surface area contributed by atoms with E-state index >= 15 is 0 Å². The van der Waals surface area contributed by atoms with Gasteiger partial charge < -0.3 is 20.7 Å². The third kappa shape index (κ3) is 5.64. The summed E-state index contributed by atoms with van der Waals surface area (Å²) >= 11 is 23.5. The molecular weight excluding hydrogens is 467 g/mol. The molecule has 0 saturated heterocycles. The molecule has 2 aromatic carbocycles. The molecule has 1 amide bonds. The maximum atomic E-state index is 12.6. The van der Waals surface area contributed by atoms with Crippen molar-refractivity contribution in [1.29, 1.82) is 0 Å². The molecular formula is C20H17Cl3N4O2S. The minimum absolute atomic E-state index is 0.152. The highest BCUT2D eigenvalue weighted by molar-refractivity contribution is 7.80. The number of aromatic nitrogens is 1. The molecule has 156 valence electrons. The molecule has 0 spiro atoms. The summed E-state index contributed by atoms with van der Waals surface area (Å²) in [7, 11) is 1.54. The standard InChI is InChI=1S/C20H17Cl3N4O2S/c1-29-14-9-7-13(8-10-14)17(28)26-18(20(21,22)23)27-19(30)25-15-6-2-4-12-5-3-11-24-16(12)15/h2-11,18H,1H3,(H,26,28)(H2,25,27,30).